The van der Waals surface area contributed by atoms with Gasteiger partial charge in [-0.3, -0.25) is 4.79 Å². The van der Waals surface area contributed by atoms with E-state index in [-0.39, 0.29) is 23.7 Å². The van der Waals surface area contributed by atoms with E-state index < -0.39 is 0 Å². The maximum atomic E-state index is 13.2. The number of hydrogen-bond donors (Lipinski definition) is 2. The number of nitrogens with one attached hydrogen (secondary N) is 2. The minimum Gasteiger partial charge on any atom is -0.469 e. The molecule has 1 atom stereocenters. The van der Waals surface area contributed by atoms with E-state index in [2.05, 4.69) is 10.6 Å². The second-order valence-electron chi connectivity index (χ2n) is 6.23. The summed E-state index contributed by atoms with van der Waals surface area (Å²) in [7, 11) is 0. The van der Waals surface area contributed by atoms with Crippen LogP contribution >= 0.6 is 0 Å². The molecule has 3 rings (SSSR count). The zero-order chi connectivity index (χ0) is 18.4. The van der Waals surface area contributed by atoms with Crippen molar-refractivity contribution in [2.45, 2.75) is 18.8 Å². The van der Waals surface area contributed by atoms with Crippen LogP contribution < -0.4 is 10.6 Å². The molecule has 2 N–H and O–H groups in total. The van der Waals surface area contributed by atoms with Gasteiger partial charge in [0.25, 0.3) is 0 Å². The van der Waals surface area contributed by atoms with Crippen molar-refractivity contribution < 1.29 is 18.4 Å². The van der Waals surface area contributed by atoms with Crippen LogP contribution in [0.5, 0.6) is 0 Å². The number of benzene rings is 1. The largest absolute Gasteiger partial charge is 0.469 e. The van der Waals surface area contributed by atoms with Crippen molar-refractivity contribution >= 4 is 11.9 Å². The minimum absolute atomic E-state index is 0.0329. The lowest BCUT2D eigenvalue weighted by Gasteiger charge is -2.21. The molecule has 1 aliphatic rings. The summed E-state index contributed by atoms with van der Waals surface area (Å²) >= 11 is 0. The summed E-state index contributed by atoms with van der Waals surface area (Å²) < 4.78 is 18.7. The fourth-order valence-corrected chi connectivity index (χ4v) is 3.06. The maximum absolute atomic E-state index is 13.2. The van der Waals surface area contributed by atoms with Gasteiger partial charge in [-0.05, 0) is 36.2 Å². The maximum Gasteiger partial charge on any atom is 0.317 e. The van der Waals surface area contributed by atoms with E-state index in [4.69, 9.17) is 4.42 Å². The molecule has 138 valence electrons. The van der Waals surface area contributed by atoms with E-state index in [1.807, 2.05) is 12.1 Å². The Morgan fingerprint density at radius 3 is 2.81 bits per heavy atom. The third-order valence-electron chi connectivity index (χ3n) is 4.47. The average molecular weight is 359 g/mol. The number of rotatable bonds is 5. The Kier molecular flexibility index (Phi) is 5.88. The van der Waals surface area contributed by atoms with Crippen molar-refractivity contribution in [3.8, 4) is 0 Å². The first-order valence-corrected chi connectivity index (χ1v) is 8.72. The Balaban J connectivity index is 1.59. The van der Waals surface area contributed by atoms with Gasteiger partial charge in [0, 0.05) is 38.5 Å². The Bertz CT molecular complexity index is 731. The molecular formula is C19H22FN3O3. The van der Waals surface area contributed by atoms with Crippen LogP contribution in [0.2, 0.25) is 0 Å². The van der Waals surface area contributed by atoms with Gasteiger partial charge < -0.3 is 20.0 Å². The van der Waals surface area contributed by atoms with Crippen LogP contribution in [0.25, 0.3) is 0 Å². The molecule has 1 saturated heterocycles. The highest BCUT2D eigenvalue weighted by atomic mass is 19.1. The molecule has 0 spiro atoms. The van der Waals surface area contributed by atoms with E-state index in [0.29, 0.717) is 39.0 Å². The quantitative estimate of drug-likeness (QED) is 0.861. The van der Waals surface area contributed by atoms with Crippen molar-refractivity contribution in [1.82, 2.24) is 15.5 Å². The summed E-state index contributed by atoms with van der Waals surface area (Å²) in [5, 5.41) is 5.65. The minimum atomic E-state index is -0.287. The zero-order valence-corrected chi connectivity index (χ0v) is 14.4. The van der Waals surface area contributed by atoms with E-state index >= 15 is 0 Å². The van der Waals surface area contributed by atoms with Crippen molar-refractivity contribution in [2.24, 2.45) is 0 Å². The summed E-state index contributed by atoms with van der Waals surface area (Å²) in [5.41, 5.74) is 0.931. The summed E-state index contributed by atoms with van der Waals surface area (Å²) in [5.74, 6) is 0.382. The van der Waals surface area contributed by atoms with Gasteiger partial charge in [0.2, 0.25) is 5.91 Å². The summed E-state index contributed by atoms with van der Waals surface area (Å²) in [4.78, 5) is 25.3. The third kappa shape index (κ3) is 4.62. The fourth-order valence-electron chi connectivity index (χ4n) is 3.06. The van der Waals surface area contributed by atoms with Crippen molar-refractivity contribution in [1.29, 1.82) is 0 Å². The molecule has 6 nitrogen and oxygen atoms in total. The Morgan fingerprint density at radius 2 is 2.08 bits per heavy atom. The first-order chi connectivity index (χ1) is 12.6. The molecule has 0 saturated carbocycles. The molecule has 1 fully saturated rings. The van der Waals surface area contributed by atoms with Gasteiger partial charge in [-0.2, -0.15) is 0 Å². The van der Waals surface area contributed by atoms with E-state index in [0.717, 1.165) is 11.3 Å². The normalized spacial score (nSPS) is 15.9. The Labute approximate surface area is 151 Å². The van der Waals surface area contributed by atoms with Crippen molar-refractivity contribution in [3.05, 3.63) is 59.8 Å². The summed E-state index contributed by atoms with van der Waals surface area (Å²) in [6, 6.07) is 9.82. The SMILES string of the molecule is O=C1CCN(C(=O)NCC[C@H](c2ccc(F)cc2)c2ccco2)CCN1. The number of halogens is 1. The van der Waals surface area contributed by atoms with Gasteiger partial charge in [-0.1, -0.05) is 12.1 Å². The van der Waals surface area contributed by atoms with Crippen molar-refractivity contribution in [2.75, 3.05) is 26.2 Å². The topological polar surface area (TPSA) is 74.6 Å². The summed E-state index contributed by atoms with van der Waals surface area (Å²) in [6.45, 7) is 1.82. The van der Waals surface area contributed by atoms with Crippen LogP contribution in [-0.4, -0.2) is 43.0 Å². The van der Waals surface area contributed by atoms with Gasteiger partial charge in [0.1, 0.15) is 11.6 Å². The second-order valence-corrected chi connectivity index (χ2v) is 6.23. The van der Waals surface area contributed by atoms with Crippen LogP contribution in [0.15, 0.2) is 47.1 Å². The number of furan rings is 1. The van der Waals surface area contributed by atoms with E-state index in [9.17, 15) is 14.0 Å². The number of hydrogen-bond acceptors (Lipinski definition) is 3. The molecule has 0 unspecified atom stereocenters. The first kappa shape index (κ1) is 18.0. The molecule has 0 bridgehead atoms. The Hall–Kier alpha value is -2.83. The standard InChI is InChI=1S/C19H22FN3O3/c20-15-5-3-14(4-6-15)16(17-2-1-13-26-17)7-9-22-19(25)23-11-8-18(24)21-10-12-23/h1-6,13,16H,7-12H2,(H,21,24)(H,22,25)/t16-/m1/s1. The van der Waals surface area contributed by atoms with Gasteiger partial charge in [0.05, 0.1) is 6.26 Å². The molecular weight excluding hydrogens is 337 g/mol. The predicted octanol–water partition coefficient (Wildman–Crippen LogP) is 2.47. The fraction of sp³-hybridized carbons (Fsp3) is 0.368. The van der Waals surface area contributed by atoms with E-state index in [1.54, 1.807) is 23.3 Å². The highest BCUT2D eigenvalue weighted by Gasteiger charge is 2.20. The highest BCUT2D eigenvalue weighted by molar-refractivity contribution is 5.79. The molecule has 1 aliphatic heterocycles. The molecule has 7 heteroatoms. The van der Waals surface area contributed by atoms with Crippen LogP contribution in [0.3, 0.4) is 0 Å². The number of amides is 3. The third-order valence-corrected chi connectivity index (χ3v) is 4.47. The second kappa shape index (κ2) is 8.51. The lowest BCUT2D eigenvalue weighted by Crippen LogP contribution is -2.42. The van der Waals surface area contributed by atoms with Crippen LogP contribution in [-0.2, 0) is 4.79 Å². The van der Waals surface area contributed by atoms with Gasteiger partial charge >= 0.3 is 6.03 Å². The lowest BCUT2D eigenvalue weighted by molar-refractivity contribution is -0.120. The molecule has 2 heterocycles. The van der Waals surface area contributed by atoms with Crippen LogP contribution in [0.4, 0.5) is 9.18 Å². The molecule has 0 aliphatic carbocycles. The molecule has 1 aromatic carbocycles. The summed E-state index contributed by atoms with van der Waals surface area (Å²) in [6.07, 6.45) is 2.54. The lowest BCUT2D eigenvalue weighted by atomic mass is 9.93. The molecule has 3 amide bonds. The molecule has 26 heavy (non-hydrogen) atoms. The average Bonchev–Trinajstić information content (AvgIpc) is 3.08. The molecule has 1 aromatic heterocycles. The smallest absolute Gasteiger partial charge is 0.317 e. The van der Waals surface area contributed by atoms with Crippen molar-refractivity contribution in [3.63, 3.8) is 0 Å². The highest BCUT2D eigenvalue weighted by Crippen LogP contribution is 2.28. The predicted molar refractivity (Wildman–Crippen MR) is 94.2 cm³/mol. The number of carbonyl (C=O) groups excluding carboxylic acids is 2. The monoisotopic (exact) mass is 359 g/mol. The van der Waals surface area contributed by atoms with E-state index in [1.165, 1.54) is 12.1 Å². The zero-order valence-electron chi connectivity index (χ0n) is 14.4. The van der Waals surface area contributed by atoms with Gasteiger partial charge in [-0.15, -0.1) is 0 Å². The number of nitrogens with zero attached hydrogens (tertiary/aromatic N) is 1. The molecule has 0 radical (unpaired) electrons. The van der Waals surface area contributed by atoms with Crippen LogP contribution in [0.1, 0.15) is 30.1 Å². The number of carbonyl (C=O) groups is 2. The van der Waals surface area contributed by atoms with Crippen LogP contribution in [0, 0.1) is 5.82 Å². The van der Waals surface area contributed by atoms with Gasteiger partial charge in [-0.25, -0.2) is 9.18 Å². The number of urea groups is 1. The first-order valence-electron chi connectivity index (χ1n) is 8.72. The Morgan fingerprint density at radius 1 is 1.27 bits per heavy atom. The molecule has 2 aromatic rings. The van der Waals surface area contributed by atoms with Gasteiger partial charge in [0.15, 0.2) is 0 Å².